The van der Waals surface area contributed by atoms with Gasteiger partial charge in [-0.1, -0.05) is 13.8 Å². The van der Waals surface area contributed by atoms with Gasteiger partial charge in [0, 0.05) is 11.8 Å². The minimum absolute atomic E-state index is 0.101. The first-order chi connectivity index (χ1) is 11.4. The van der Waals surface area contributed by atoms with E-state index >= 15 is 0 Å². The van der Waals surface area contributed by atoms with Crippen molar-refractivity contribution in [1.29, 1.82) is 0 Å². The first kappa shape index (κ1) is 16.4. The van der Waals surface area contributed by atoms with Crippen molar-refractivity contribution >= 4 is 15.7 Å². The standard InChI is InChI=1S/C17H19NO5S/c1-12(2)10-21-14-5-3-13(4-6-14)18-24(19,20)15-7-8-16-17(9-15)23-11-22-16/h3-9,12,18H,10-11H2,1-2H3. The quantitative estimate of drug-likeness (QED) is 0.866. The molecule has 128 valence electrons. The third-order valence-corrected chi connectivity index (χ3v) is 4.72. The van der Waals surface area contributed by atoms with E-state index in [1.807, 2.05) is 0 Å². The lowest BCUT2D eigenvalue weighted by molar-refractivity contribution is 0.174. The first-order valence-corrected chi connectivity index (χ1v) is 9.08. The van der Waals surface area contributed by atoms with Crippen molar-refractivity contribution in [1.82, 2.24) is 0 Å². The van der Waals surface area contributed by atoms with E-state index in [-0.39, 0.29) is 11.7 Å². The lowest BCUT2D eigenvalue weighted by atomic mass is 10.2. The van der Waals surface area contributed by atoms with Crippen LogP contribution in [0.25, 0.3) is 0 Å². The molecule has 0 aromatic heterocycles. The molecule has 2 aromatic rings. The van der Waals surface area contributed by atoms with Crippen molar-refractivity contribution in [2.75, 3.05) is 18.1 Å². The van der Waals surface area contributed by atoms with Crippen molar-refractivity contribution in [3.8, 4) is 17.2 Å². The normalized spacial score (nSPS) is 13.1. The zero-order valence-electron chi connectivity index (χ0n) is 13.5. The van der Waals surface area contributed by atoms with Crippen LogP contribution < -0.4 is 18.9 Å². The Morgan fingerprint density at radius 2 is 1.79 bits per heavy atom. The SMILES string of the molecule is CC(C)COc1ccc(NS(=O)(=O)c2ccc3c(c2)OCO3)cc1. The number of benzene rings is 2. The summed E-state index contributed by atoms with van der Waals surface area (Å²) >= 11 is 0. The van der Waals surface area contributed by atoms with Gasteiger partial charge in [-0.05, 0) is 42.3 Å². The smallest absolute Gasteiger partial charge is 0.262 e. The maximum atomic E-state index is 12.5. The molecular formula is C17H19NO5S. The molecular weight excluding hydrogens is 330 g/mol. The van der Waals surface area contributed by atoms with E-state index in [1.54, 1.807) is 30.3 Å². The molecule has 7 heteroatoms. The minimum Gasteiger partial charge on any atom is -0.493 e. The van der Waals surface area contributed by atoms with Crippen LogP contribution in [0.3, 0.4) is 0 Å². The summed E-state index contributed by atoms with van der Waals surface area (Å²) < 4.78 is 43.4. The van der Waals surface area contributed by atoms with Crippen molar-refractivity contribution in [2.45, 2.75) is 18.7 Å². The molecule has 0 spiro atoms. The number of hydrogen-bond acceptors (Lipinski definition) is 5. The molecule has 3 rings (SSSR count). The van der Waals surface area contributed by atoms with Crippen LogP contribution >= 0.6 is 0 Å². The molecule has 0 saturated carbocycles. The Bertz CT molecular complexity index is 815. The van der Waals surface area contributed by atoms with Crippen LogP contribution in [-0.2, 0) is 10.0 Å². The van der Waals surface area contributed by atoms with Crippen LogP contribution in [0.4, 0.5) is 5.69 Å². The molecule has 0 bridgehead atoms. The van der Waals surface area contributed by atoms with Crippen molar-refractivity contribution in [2.24, 2.45) is 5.92 Å². The first-order valence-electron chi connectivity index (χ1n) is 7.59. The highest BCUT2D eigenvalue weighted by molar-refractivity contribution is 7.92. The molecule has 0 aliphatic carbocycles. The van der Waals surface area contributed by atoms with E-state index in [4.69, 9.17) is 14.2 Å². The molecule has 0 atom stereocenters. The van der Waals surface area contributed by atoms with E-state index < -0.39 is 10.0 Å². The van der Waals surface area contributed by atoms with Gasteiger partial charge in [0.25, 0.3) is 10.0 Å². The molecule has 1 aliphatic rings. The van der Waals surface area contributed by atoms with Crippen LogP contribution in [0.2, 0.25) is 0 Å². The van der Waals surface area contributed by atoms with Crippen LogP contribution in [-0.4, -0.2) is 21.8 Å². The van der Waals surface area contributed by atoms with E-state index in [9.17, 15) is 8.42 Å². The molecule has 1 heterocycles. The topological polar surface area (TPSA) is 73.9 Å². The number of ether oxygens (including phenoxy) is 3. The highest BCUT2D eigenvalue weighted by Crippen LogP contribution is 2.34. The third kappa shape index (κ3) is 3.73. The Labute approximate surface area is 141 Å². The fraction of sp³-hybridized carbons (Fsp3) is 0.294. The van der Waals surface area contributed by atoms with Gasteiger partial charge in [0.15, 0.2) is 11.5 Å². The summed E-state index contributed by atoms with van der Waals surface area (Å²) in [4.78, 5) is 0.117. The molecule has 0 fully saturated rings. The maximum absolute atomic E-state index is 12.5. The average Bonchev–Trinajstić information content (AvgIpc) is 3.01. The van der Waals surface area contributed by atoms with E-state index in [0.29, 0.717) is 35.5 Å². The molecule has 6 nitrogen and oxygen atoms in total. The molecule has 0 unspecified atom stereocenters. The molecule has 24 heavy (non-hydrogen) atoms. The maximum Gasteiger partial charge on any atom is 0.262 e. The zero-order chi connectivity index (χ0) is 17.2. The molecule has 1 aliphatic heterocycles. The van der Waals surface area contributed by atoms with Crippen molar-refractivity contribution in [3.63, 3.8) is 0 Å². The number of rotatable bonds is 6. The summed E-state index contributed by atoms with van der Waals surface area (Å²) in [5.74, 6) is 2.10. The van der Waals surface area contributed by atoms with Gasteiger partial charge in [-0.25, -0.2) is 8.42 Å². The molecule has 0 saturated heterocycles. The third-order valence-electron chi connectivity index (χ3n) is 3.34. The number of sulfonamides is 1. The lowest BCUT2D eigenvalue weighted by Crippen LogP contribution is -2.13. The molecule has 2 aromatic carbocycles. The highest BCUT2D eigenvalue weighted by Gasteiger charge is 2.20. The number of nitrogens with one attached hydrogen (secondary N) is 1. The second kappa shape index (κ2) is 6.60. The molecule has 1 N–H and O–H groups in total. The zero-order valence-corrected chi connectivity index (χ0v) is 14.3. The summed E-state index contributed by atoms with van der Waals surface area (Å²) in [6.45, 7) is 4.84. The summed E-state index contributed by atoms with van der Waals surface area (Å²) in [7, 11) is -3.70. The largest absolute Gasteiger partial charge is 0.493 e. The van der Waals surface area contributed by atoms with Gasteiger partial charge < -0.3 is 14.2 Å². The molecule has 0 amide bonds. The Kier molecular flexibility index (Phi) is 4.53. The lowest BCUT2D eigenvalue weighted by Gasteiger charge is -2.11. The Balaban J connectivity index is 1.72. The predicted molar refractivity (Wildman–Crippen MR) is 90.1 cm³/mol. The summed E-state index contributed by atoms with van der Waals surface area (Å²) in [6, 6.07) is 11.3. The Morgan fingerprint density at radius 1 is 1.08 bits per heavy atom. The Morgan fingerprint density at radius 3 is 2.50 bits per heavy atom. The van der Waals surface area contributed by atoms with E-state index in [1.165, 1.54) is 12.1 Å². The summed E-state index contributed by atoms with van der Waals surface area (Å²) in [6.07, 6.45) is 0. The van der Waals surface area contributed by atoms with Crippen LogP contribution in [0.1, 0.15) is 13.8 Å². The van der Waals surface area contributed by atoms with Gasteiger partial charge in [0.2, 0.25) is 6.79 Å². The average molecular weight is 349 g/mol. The number of anilines is 1. The van der Waals surface area contributed by atoms with Gasteiger partial charge in [-0.15, -0.1) is 0 Å². The fourth-order valence-electron chi connectivity index (χ4n) is 2.14. The second-order valence-electron chi connectivity index (χ2n) is 5.85. The molecule has 0 radical (unpaired) electrons. The monoisotopic (exact) mass is 349 g/mol. The minimum atomic E-state index is -3.70. The van der Waals surface area contributed by atoms with E-state index in [0.717, 1.165) is 0 Å². The van der Waals surface area contributed by atoms with Gasteiger partial charge in [0.1, 0.15) is 5.75 Å². The van der Waals surface area contributed by atoms with Crippen LogP contribution in [0.5, 0.6) is 17.2 Å². The van der Waals surface area contributed by atoms with E-state index in [2.05, 4.69) is 18.6 Å². The summed E-state index contributed by atoms with van der Waals surface area (Å²) in [5, 5.41) is 0. The van der Waals surface area contributed by atoms with Crippen LogP contribution in [0.15, 0.2) is 47.4 Å². The predicted octanol–water partition coefficient (Wildman–Crippen LogP) is 3.25. The van der Waals surface area contributed by atoms with Crippen molar-refractivity contribution in [3.05, 3.63) is 42.5 Å². The summed E-state index contributed by atoms with van der Waals surface area (Å²) in [5.41, 5.74) is 0.463. The van der Waals surface area contributed by atoms with Crippen LogP contribution in [0, 0.1) is 5.92 Å². The Hall–Kier alpha value is -2.41. The highest BCUT2D eigenvalue weighted by atomic mass is 32.2. The second-order valence-corrected chi connectivity index (χ2v) is 7.53. The van der Waals surface area contributed by atoms with Gasteiger partial charge in [0.05, 0.1) is 11.5 Å². The fourth-order valence-corrected chi connectivity index (χ4v) is 3.21. The number of hydrogen-bond donors (Lipinski definition) is 1. The van der Waals surface area contributed by atoms with Crippen molar-refractivity contribution < 1.29 is 22.6 Å². The van der Waals surface area contributed by atoms with Gasteiger partial charge in [-0.3, -0.25) is 4.72 Å². The number of fused-ring (bicyclic) bond motifs is 1. The van der Waals surface area contributed by atoms with Gasteiger partial charge >= 0.3 is 0 Å². The van der Waals surface area contributed by atoms with Gasteiger partial charge in [-0.2, -0.15) is 0 Å².